The molecule has 3 aromatic rings. The Labute approximate surface area is 181 Å². The van der Waals surface area contributed by atoms with Crippen LogP contribution < -0.4 is 5.32 Å². The molecule has 0 aliphatic carbocycles. The molecule has 0 spiro atoms. The van der Waals surface area contributed by atoms with Gasteiger partial charge in [-0.2, -0.15) is 0 Å². The van der Waals surface area contributed by atoms with Crippen molar-refractivity contribution in [1.82, 2.24) is 9.88 Å². The number of hydrogen-bond donors (Lipinski definition) is 2. The molecule has 1 saturated heterocycles. The largest absolute Gasteiger partial charge is 0.392 e. The van der Waals surface area contributed by atoms with Gasteiger partial charge < -0.3 is 10.4 Å². The van der Waals surface area contributed by atoms with Crippen LogP contribution in [-0.4, -0.2) is 46.4 Å². The summed E-state index contributed by atoms with van der Waals surface area (Å²) in [4.78, 5) is 19.2. The molecule has 0 saturated carbocycles. The van der Waals surface area contributed by atoms with Gasteiger partial charge in [0.2, 0.25) is 0 Å². The van der Waals surface area contributed by atoms with Crippen molar-refractivity contribution < 1.29 is 9.90 Å². The first-order valence-electron chi connectivity index (χ1n) is 10.3. The third-order valence-corrected chi connectivity index (χ3v) is 6.05. The summed E-state index contributed by atoms with van der Waals surface area (Å²) in [7, 11) is 0. The van der Waals surface area contributed by atoms with Gasteiger partial charge in [0.25, 0.3) is 0 Å². The standard InChI is InChI=1S/C24H26ClN3O2/c25-22-4-1-5-24(21(22)16-29)27-19-8-11-28(12-9-19)15-20(30)14-17-6-7-23-18(13-17)3-2-10-26-23/h1-7,10,13,19,27,29H,8-9,11-12,14-16H2. The predicted octanol–water partition coefficient (Wildman–Crippen LogP) is 4.07. The molecule has 156 valence electrons. The van der Waals surface area contributed by atoms with E-state index in [4.69, 9.17) is 11.6 Å². The molecular formula is C24H26ClN3O2. The number of nitrogens with zero attached hydrogens (tertiary/aromatic N) is 2. The Bertz CT molecular complexity index is 1030. The molecule has 2 N–H and O–H groups in total. The van der Waals surface area contributed by atoms with Crippen LogP contribution in [-0.2, 0) is 17.8 Å². The minimum Gasteiger partial charge on any atom is -0.392 e. The number of nitrogens with one attached hydrogen (secondary N) is 1. The molecule has 6 heteroatoms. The van der Waals surface area contributed by atoms with E-state index in [1.165, 1.54) is 0 Å². The lowest BCUT2D eigenvalue weighted by atomic mass is 10.0. The van der Waals surface area contributed by atoms with E-state index in [2.05, 4.69) is 21.3 Å². The third-order valence-electron chi connectivity index (χ3n) is 5.69. The van der Waals surface area contributed by atoms with Gasteiger partial charge in [0.1, 0.15) is 0 Å². The molecule has 0 atom stereocenters. The summed E-state index contributed by atoms with van der Waals surface area (Å²) in [6.07, 6.45) is 4.13. The first-order valence-corrected chi connectivity index (χ1v) is 10.7. The fraction of sp³-hybridized carbons (Fsp3) is 0.333. The highest BCUT2D eigenvalue weighted by Gasteiger charge is 2.21. The molecule has 0 amide bonds. The fourth-order valence-electron chi connectivity index (χ4n) is 4.08. The summed E-state index contributed by atoms with van der Waals surface area (Å²) < 4.78 is 0. The number of benzene rings is 2. The van der Waals surface area contributed by atoms with Crippen LogP contribution in [0.3, 0.4) is 0 Å². The Balaban J connectivity index is 1.28. The number of ketones is 1. The summed E-state index contributed by atoms with van der Waals surface area (Å²) in [5.74, 6) is 0.238. The van der Waals surface area contributed by atoms with E-state index in [0.29, 0.717) is 24.0 Å². The van der Waals surface area contributed by atoms with Crippen LogP contribution in [0, 0.1) is 0 Å². The van der Waals surface area contributed by atoms with E-state index in [1.54, 1.807) is 12.3 Å². The number of anilines is 1. The second-order valence-corrected chi connectivity index (χ2v) is 8.27. The van der Waals surface area contributed by atoms with E-state index in [1.807, 2.05) is 36.4 Å². The Morgan fingerprint density at radius 3 is 2.80 bits per heavy atom. The monoisotopic (exact) mass is 423 g/mol. The summed E-state index contributed by atoms with van der Waals surface area (Å²) in [6, 6.07) is 15.9. The lowest BCUT2D eigenvalue weighted by Gasteiger charge is -2.33. The van der Waals surface area contributed by atoms with Crippen molar-refractivity contribution in [3.8, 4) is 0 Å². The number of halogens is 1. The van der Waals surface area contributed by atoms with Crippen LogP contribution in [0.2, 0.25) is 5.02 Å². The number of pyridine rings is 1. The minimum atomic E-state index is -0.0831. The topological polar surface area (TPSA) is 65.5 Å². The lowest BCUT2D eigenvalue weighted by Crippen LogP contribution is -2.41. The maximum Gasteiger partial charge on any atom is 0.151 e. The van der Waals surface area contributed by atoms with Crippen LogP contribution in [0.4, 0.5) is 5.69 Å². The maximum absolute atomic E-state index is 12.6. The molecule has 2 heterocycles. The number of hydrogen-bond acceptors (Lipinski definition) is 5. The Morgan fingerprint density at radius 1 is 1.17 bits per heavy atom. The van der Waals surface area contributed by atoms with Gasteiger partial charge in [-0.25, -0.2) is 0 Å². The van der Waals surface area contributed by atoms with Crippen molar-refractivity contribution >= 4 is 34.0 Å². The van der Waals surface area contributed by atoms with Crippen molar-refractivity contribution in [2.24, 2.45) is 0 Å². The SMILES string of the molecule is O=C(Cc1ccc2ncccc2c1)CN1CCC(Nc2cccc(Cl)c2CO)CC1. The summed E-state index contributed by atoms with van der Waals surface area (Å²) in [5, 5.41) is 14.7. The Kier molecular flexibility index (Phi) is 6.62. The van der Waals surface area contributed by atoms with E-state index >= 15 is 0 Å². The molecule has 0 bridgehead atoms. The van der Waals surface area contributed by atoms with Crippen LogP contribution in [0.15, 0.2) is 54.7 Å². The van der Waals surface area contributed by atoms with Gasteiger partial charge in [-0.15, -0.1) is 0 Å². The van der Waals surface area contributed by atoms with Crippen molar-refractivity contribution in [1.29, 1.82) is 0 Å². The summed E-state index contributed by atoms with van der Waals surface area (Å²) in [6.45, 7) is 2.15. The Hall–Kier alpha value is -2.47. The molecule has 30 heavy (non-hydrogen) atoms. The average Bonchev–Trinajstić information content (AvgIpc) is 2.75. The molecule has 2 aromatic carbocycles. The minimum absolute atomic E-state index is 0.0831. The quantitative estimate of drug-likeness (QED) is 0.599. The van der Waals surface area contributed by atoms with Crippen LogP contribution in [0.25, 0.3) is 10.9 Å². The van der Waals surface area contributed by atoms with Crippen LogP contribution >= 0.6 is 11.6 Å². The van der Waals surface area contributed by atoms with Gasteiger partial charge in [-0.1, -0.05) is 29.8 Å². The van der Waals surface area contributed by atoms with Gasteiger partial charge in [-0.05, 0) is 48.7 Å². The lowest BCUT2D eigenvalue weighted by molar-refractivity contribution is -0.119. The smallest absolute Gasteiger partial charge is 0.151 e. The zero-order chi connectivity index (χ0) is 20.9. The molecular weight excluding hydrogens is 398 g/mol. The molecule has 1 aromatic heterocycles. The highest BCUT2D eigenvalue weighted by atomic mass is 35.5. The molecule has 4 rings (SSSR count). The van der Waals surface area contributed by atoms with Crippen molar-refractivity contribution in [3.63, 3.8) is 0 Å². The Morgan fingerprint density at radius 2 is 2.00 bits per heavy atom. The molecule has 0 unspecified atom stereocenters. The van der Waals surface area contributed by atoms with Gasteiger partial charge in [0.15, 0.2) is 5.78 Å². The summed E-state index contributed by atoms with van der Waals surface area (Å²) in [5.41, 5.74) is 3.62. The highest BCUT2D eigenvalue weighted by Crippen LogP contribution is 2.26. The second-order valence-electron chi connectivity index (χ2n) is 7.86. The maximum atomic E-state index is 12.6. The first-order chi connectivity index (χ1) is 14.6. The molecule has 1 aliphatic heterocycles. The van der Waals surface area contributed by atoms with Crippen molar-refractivity contribution in [3.05, 3.63) is 70.9 Å². The number of rotatable bonds is 7. The summed E-state index contributed by atoms with van der Waals surface area (Å²) >= 11 is 6.18. The number of aliphatic hydroxyl groups is 1. The van der Waals surface area contributed by atoms with Gasteiger partial charge in [-0.3, -0.25) is 14.7 Å². The zero-order valence-corrected chi connectivity index (χ0v) is 17.6. The molecule has 0 radical (unpaired) electrons. The first kappa shape index (κ1) is 20.8. The van der Waals surface area contributed by atoms with Crippen molar-refractivity contribution in [2.75, 3.05) is 25.0 Å². The fourth-order valence-corrected chi connectivity index (χ4v) is 4.31. The van der Waals surface area contributed by atoms with Crippen LogP contribution in [0.5, 0.6) is 0 Å². The van der Waals surface area contributed by atoms with E-state index in [9.17, 15) is 9.90 Å². The molecule has 1 aliphatic rings. The predicted molar refractivity (Wildman–Crippen MR) is 121 cm³/mol. The third kappa shape index (κ3) is 4.98. The van der Waals surface area contributed by atoms with Crippen molar-refractivity contribution in [2.45, 2.75) is 31.9 Å². The normalized spacial score (nSPS) is 15.4. The van der Waals surface area contributed by atoms with Gasteiger partial charge in [0.05, 0.1) is 18.7 Å². The second kappa shape index (κ2) is 9.56. The number of aliphatic hydroxyl groups excluding tert-OH is 1. The zero-order valence-electron chi connectivity index (χ0n) is 16.9. The number of likely N-dealkylation sites (tertiary alicyclic amines) is 1. The van der Waals surface area contributed by atoms with Gasteiger partial charge >= 0.3 is 0 Å². The average molecular weight is 424 g/mol. The van der Waals surface area contributed by atoms with E-state index < -0.39 is 0 Å². The number of carbonyl (C=O) groups excluding carboxylic acids is 1. The number of aromatic nitrogens is 1. The van der Waals surface area contributed by atoms with E-state index in [-0.39, 0.29) is 12.4 Å². The van der Waals surface area contributed by atoms with E-state index in [0.717, 1.165) is 53.6 Å². The number of carbonyl (C=O) groups is 1. The molecule has 5 nitrogen and oxygen atoms in total. The van der Waals surface area contributed by atoms with Gasteiger partial charge in [0, 0.05) is 53.4 Å². The number of piperidine rings is 1. The number of Topliss-reactive ketones (excluding diaryl/α,β-unsaturated/α-hetero) is 1. The molecule has 1 fully saturated rings. The van der Waals surface area contributed by atoms with Crippen LogP contribution in [0.1, 0.15) is 24.0 Å². The highest BCUT2D eigenvalue weighted by molar-refractivity contribution is 6.31. The number of fused-ring (bicyclic) bond motifs is 1.